The minimum atomic E-state index is -0.882. The van der Waals surface area contributed by atoms with Crippen LogP contribution in [0.15, 0.2) is 59.5 Å². The van der Waals surface area contributed by atoms with Crippen molar-refractivity contribution in [2.75, 3.05) is 6.61 Å². The van der Waals surface area contributed by atoms with Gasteiger partial charge in [-0.25, -0.2) is 14.0 Å². The topological polar surface area (TPSA) is 123 Å². The molecule has 3 heterocycles. The number of aromatic amines is 1. The minimum absolute atomic E-state index is 0.0209. The van der Waals surface area contributed by atoms with Crippen molar-refractivity contribution in [2.24, 2.45) is 0 Å². The average Bonchev–Trinajstić information content (AvgIpc) is 3.72. The van der Waals surface area contributed by atoms with Crippen LogP contribution in [0.1, 0.15) is 75.7 Å². The van der Waals surface area contributed by atoms with Crippen LogP contribution < -0.4 is 5.56 Å². The van der Waals surface area contributed by atoms with Gasteiger partial charge in [0.25, 0.3) is 5.56 Å². The Kier molecular flexibility index (Phi) is 8.42. The number of nitrogens with zero attached hydrogens (tertiary/aromatic N) is 6. The number of nitrogens with one attached hydrogen (secondary N) is 1. The highest BCUT2D eigenvalue weighted by Gasteiger charge is 2.29. The second-order valence-electron chi connectivity index (χ2n) is 12.3. The smallest absolute Gasteiger partial charge is 0.257 e. The maximum atomic E-state index is 15.8. The van der Waals surface area contributed by atoms with Crippen molar-refractivity contribution in [1.29, 1.82) is 0 Å². The monoisotopic (exact) mass is 599 g/mol. The number of tetrazole rings is 1. The zero-order chi connectivity index (χ0) is 30.8. The van der Waals surface area contributed by atoms with Crippen molar-refractivity contribution in [1.82, 2.24) is 34.8 Å². The SMILES string of the molecule is CCCc1c(Cc2ccc(-c3ccccc3-c3nnn[nH]3)cc2F)c(=O)n(C2CCC(OCC(C)(C)O)CC2)c2ccnn12. The Labute approximate surface area is 254 Å². The number of aromatic nitrogens is 7. The maximum Gasteiger partial charge on any atom is 0.257 e. The number of hydrogen-bond donors (Lipinski definition) is 2. The molecule has 1 fully saturated rings. The third-order valence-electron chi connectivity index (χ3n) is 8.38. The maximum absolute atomic E-state index is 15.8. The van der Waals surface area contributed by atoms with E-state index in [1.54, 1.807) is 26.1 Å². The van der Waals surface area contributed by atoms with Crippen LogP contribution in [0.2, 0.25) is 0 Å². The molecule has 230 valence electrons. The Morgan fingerprint density at radius 1 is 1.09 bits per heavy atom. The van der Waals surface area contributed by atoms with Gasteiger partial charge in [-0.05, 0) is 79.1 Å². The molecule has 6 rings (SSSR count). The molecule has 2 N–H and O–H groups in total. The largest absolute Gasteiger partial charge is 0.388 e. The summed E-state index contributed by atoms with van der Waals surface area (Å²) in [6.45, 7) is 5.81. The Morgan fingerprint density at radius 2 is 1.86 bits per heavy atom. The van der Waals surface area contributed by atoms with Gasteiger partial charge in [0, 0.05) is 29.7 Å². The predicted octanol–water partition coefficient (Wildman–Crippen LogP) is 5.30. The van der Waals surface area contributed by atoms with Crippen molar-refractivity contribution in [3.05, 3.63) is 87.7 Å². The van der Waals surface area contributed by atoms with E-state index in [0.29, 0.717) is 28.9 Å². The summed E-state index contributed by atoms with van der Waals surface area (Å²) in [7, 11) is 0. The number of aryl methyl sites for hydroxylation is 1. The van der Waals surface area contributed by atoms with Gasteiger partial charge in [0.15, 0.2) is 5.82 Å². The van der Waals surface area contributed by atoms with E-state index in [0.717, 1.165) is 54.6 Å². The molecule has 0 amide bonds. The molecule has 2 aromatic carbocycles. The summed E-state index contributed by atoms with van der Waals surface area (Å²) >= 11 is 0. The summed E-state index contributed by atoms with van der Waals surface area (Å²) in [6.07, 6.45) is 6.54. The molecule has 0 saturated heterocycles. The first-order valence-corrected chi connectivity index (χ1v) is 15.3. The summed E-state index contributed by atoms with van der Waals surface area (Å²) in [6, 6.07) is 14.6. The predicted molar refractivity (Wildman–Crippen MR) is 165 cm³/mol. The molecular weight excluding hydrogens is 561 g/mol. The first-order valence-electron chi connectivity index (χ1n) is 15.3. The minimum Gasteiger partial charge on any atom is -0.388 e. The van der Waals surface area contributed by atoms with E-state index >= 15 is 4.39 Å². The quantitative estimate of drug-likeness (QED) is 0.223. The summed E-state index contributed by atoms with van der Waals surface area (Å²) in [5, 5.41) is 28.8. The number of halogens is 1. The molecule has 0 unspecified atom stereocenters. The highest BCUT2D eigenvalue weighted by molar-refractivity contribution is 5.80. The highest BCUT2D eigenvalue weighted by atomic mass is 19.1. The van der Waals surface area contributed by atoms with Crippen LogP contribution >= 0.6 is 0 Å². The fourth-order valence-electron chi connectivity index (χ4n) is 6.27. The van der Waals surface area contributed by atoms with Crippen LogP contribution in [-0.4, -0.2) is 58.2 Å². The molecule has 3 aromatic heterocycles. The van der Waals surface area contributed by atoms with E-state index < -0.39 is 5.60 Å². The van der Waals surface area contributed by atoms with Gasteiger partial charge in [-0.2, -0.15) is 5.10 Å². The lowest BCUT2D eigenvalue weighted by atomic mass is 9.92. The Balaban J connectivity index is 1.33. The molecule has 0 aliphatic heterocycles. The number of aliphatic hydroxyl groups is 1. The highest BCUT2D eigenvalue weighted by Crippen LogP contribution is 2.33. The van der Waals surface area contributed by atoms with E-state index in [-0.39, 0.29) is 36.5 Å². The zero-order valence-electron chi connectivity index (χ0n) is 25.3. The molecule has 0 bridgehead atoms. The van der Waals surface area contributed by atoms with Crippen LogP contribution in [0.25, 0.3) is 28.2 Å². The number of benzene rings is 2. The molecule has 0 atom stereocenters. The van der Waals surface area contributed by atoms with Gasteiger partial charge < -0.3 is 9.84 Å². The van der Waals surface area contributed by atoms with Crippen LogP contribution in [0.5, 0.6) is 0 Å². The van der Waals surface area contributed by atoms with Gasteiger partial charge in [0.1, 0.15) is 11.5 Å². The lowest BCUT2D eigenvalue weighted by molar-refractivity contribution is -0.0654. The molecule has 1 aliphatic rings. The van der Waals surface area contributed by atoms with E-state index in [2.05, 4.69) is 32.6 Å². The lowest BCUT2D eigenvalue weighted by Crippen LogP contribution is -2.36. The second-order valence-corrected chi connectivity index (χ2v) is 12.3. The molecule has 1 saturated carbocycles. The standard InChI is InChI=1S/C33H38FN7O3/c1-4-7-29-27(18-22-11-10-21(19-28(22)34)25-8-5-6-9-26(25)31-36-38-39-37-31)32(42)40(30-16-17-35-41(29)30)23-12-14-24(15-13-23)44-20-33(2,3)43/h5-6,8-11,16-17,19,23-24,43H,4,7,12-15,18,20H2,1-3H3,(H,36,37,38,39). The molecule has 11 heteroatoms. The summed E-state index contributed by atoms with van der Waals surface area (Å²) in [4.78, 5) is 14.3. The number of H-pyrrole nitrogens is 1. The van der Waals surface area contributed by atoms with Crippen LogP contribution in [-0.2, 0) is 17.6 Å². The molecular formula is C33H38FN7O3. The first kappa shape index (κ1) is 29.8. The van der Waals surface area contributed by atoms with Crippen molar-refractivity contribution in [3.63, 3.8) is 0 Å². The van der Waals surface area contributed by atoms with Crippen molar-refractivity contribution in [2.45, 2.75) is 83.5 Å². The third-order valence-corrected chi connectivity index (χ3v) is 8.38. The van der Waals surface area contributed by atoms with Crippen molar-refractivity contribution < 1.29 is 14.2 Å². The van der Waals surface area contributed by atoms with Gasteiger partial charge in [-0.15, -0.1) is 5.10 Å². The fraction of sp³-hybridized carbons (Fsp3) is 0.424. The van der Waals surface area contributed by atoms with E-state index in [9.17, 15) is 9.90 Å². The molecule has 0 radical (unpaired) electrons. The number of rotatable bonds is 10. The van der Waals surface area contributed by atoms with Gasteiger partial charge in [0.2, 0.25) is 0 Å². The normalized spacial score (nSPS) is 17.4. The van der Waals surface area contributed by atoms with E-state index in [1.165, 1.54) is 6.07 Å². The lowest BCUT2D eigenvalue weighted by Gasteiger charge is -2.32. The molecule has 44 heavy (non-hydrogen) atoms. The molecule has 0 spiro atoms. The van der Waals surface area contributed by atoms with Gasteiger partial charge in [-0.3, -0.25) is 9.36 Å². The molecule has 10 nitrogen and oxygen atoms in total. The zero-order valence-corrected chi connectivity index (χ0v) is 25.3. The summed E-state index contributed by atoms with van der Waals surface area (Å²) < 4.78 is 25.5. The Morgan fingerprint density at radius 3 is 2.55 bits per heavy atom. The van der Waals surface area contributed by atoms with Crippen molar-refractivity contribution >= 4 is 5.65 Å². The number of hydrogen-bond acceptors (Lipinski definition) is 7. The van der Waals surface area contributed by atoms with E-state index in [4.69, 9.17) is 4.74 Å². The molecule has 5 aromatic rings. The Bertz CT molecular complexity index is 1800. The van der Waals surface area contributed by atoms with Gasteiger partial charge >= 0.3 is 0 Å². The molecule has 1 aliphatic carbocycles. The van der Waals surface area contributed by atoms with Gasteiger partial charge in [-0.1, -0.05) is 49.7 Å². The van der Waals surface area contributed by atoms with Crippen LogP contribution in [0.4, 0.5) is 4.39 Å². The Hall–Kier alpha value is -4.22. The fourth-order valence-corrected chi connectivity index (χ4v) is 6.27. The first-order chi connectivity index (χ1) is 21.2. The van der Waals surface area contributed by atoms with Crippen LogP contribution in [0.3, 0.4) is 0 Å². The summed E-state index contributed by atoms with van der Waals surface area (Å²) in [5.74, 6) is 0.117. The van der Waals surface area contributed by atoms with Crippen molar-refractivity contribution in [3.8, 4) is 22.5 Å². The number of fused-ring (bicyclic) bond motifs is 1. The second kappa shape index (κ2) is 12.4. The summed E-state index contributed by atoms with van der Waals surface area (Å²) in [5.41, 5.74) is 3.89. The number of ether oxygens (including phenoxy) is 1. The van der Waals surface area contributed by atoms with E-state index in [1.807, 2.05) is 45.5 Å². The van der Waals surface area contributed by atoms with Crippen LogP contribution in [0, 0.1) is 5.82 Å². The third kappa shape index (κ3) is 6.07. The average molecular weight is 600 g/mol. The van der Waals surface area contributed by atoms with Gasteiger partial charge in [0.05, 0.1) is 30.2 Å².